The lowest BCUT2D eigenvalue weighted by molar-refractivity contribution is 0.0692. The molecule has 7 heteroatoms. The Bertz CT molecular complexity index is 1010. The van der Waals surface area contributed by atoms with E-state index in [2.05, 4.69) is 17.2 Å². The maximum absolute atomic E-state index is 13.9. The van der Waals surface area contributed by atoms with Crippen molar-refractivity contribution >= 4 is 41.6 Å². The van der Waals surface area contributed by atoms with Crippen LogP contribution in [0.3, 0.4) is 0 Å². The summed E-state index contributed by atoms with van der Waals surface area (Å²) in [6, 6.07) is 16.0. The molecule has 0 aliphatic carbocycles. The molecule has 4 nitrogen and oxygen atoms in total. The fourth-order valence-electron chi connectivity index (χ4n) is 3.99. The van der Waals surface area contributed by atoms with Gasteiger partial charge in [-0.05, 0) is 50.0 Å². The van der Waals surface area contributed by atoms with E-state index in [9.17, 15) is 9.18 Å². The third-order valence-corrected chi connectivity index (χ3v) is 5.66. The summed E-state index contributed by atoms with van der Waals surface area (Å²) in [4.78, 5) is 19.9. The molecular formula is C24H28Cl2FN3O. The van der Waals surface area contributed by atoms with Crippen molar-refractivity contribution < 1.29 is 9.18 Å². The summed E-state index contributed by atoms with van der Waals surface area (Å²) in [6.45, 7) is 5.59. The van der Waals surface area contributed by atoms with Gasteiger partial charge in [0.1, 0.15) is 5.82 Å². The highest BCUT2D eigenvalue weighted by molar-refractivity contribution is 6.07. The van der Waals surface area contributed by atoms with Crippen molar-refractivity contribution in [1.82, 2.24) is 15.2 Å². The molecule has 0 spiro atoms. The topological polar surface area (TPSA) is 45.2 Å². The van der Waals surface area contributed by atoms with Gasteiger partial charge in [0, 0.05) is 30.1 Å². The minimum absolute atomic E-state index is 0. The summed E-state index contributed by atoms with van der Waals surface area (Å²) >= 11 is 0. The van der Waals surface area contributed by atoms with Gasteiger partial charge in [0.15, 0.2) is 0 Å². The van der Waals surface area contributed by atoms with E-state index >= 15 is 0 Å². The van der Waals surface area contributed by atoms with E-state index in [0.717, 1.165) is 44.6 Å². The third-order valence-electron chi connectivity index (χ3n) is 5.66. The Hall–Kier alpha value is -2.21. The first kappa shape index (κ1) is 25.1. The van der Waals surface area contributed by atoms with E-state index in [1.54, 1.807) is 6.07 Å². The van der Waals surface area contributed by atoms with Crippen molar-refractivity contribution in [3.63, 3.8) is 0 Å². The number of pyridine rings is 1. The molecule has 3 aromatic rings. The molecule has 1 aliphatic rings. The minimum Gasteiger partial charge on any atom is -0.339 e. The number of hydrogen-bond acceptors (Lipinski definition) is 3. The number of piperidine rings is 1. The fraction of sp³-hybridized carbons (Fsp3) is 0.333. The van der Waals surface area contributed by atoms with Gasteiger partial charge in [0.05, 0.1) is 16.8 Å². The summed E-state index contributed by atoms with van der Waals surface area (Å²) in [7, 11) is 0. The molecule has 31 heavy (non-hydrogen) atoms. The van der Waals surface area contributed by atoms with Gasteiger partial charge < -0.3 is 10.2 Å². The number of aromatic nitrogens is 1. The zero-order chi connectivity index (χ0) is 20.2. The van der Waals surface area contributed by atoms with Crippen LogP contribution in [0.15, 0.2) is 54.6 Å². The number of carbonyl (C=O) groups is 1. The number of fused-ring (bicyclic) bond motifs is 1. The van der Waals surface area contributed by atoms with Crippen LogP contribution in [0, 0.1) is 11.7 Å². The molecule has 0 bridgehead atoms. The van der Waals surface area contributed by atoms with E-state index in [-0.39, 0.29) is 36.5 Å². The van der Waals surface area contributed by atoms with Crippen LogP contribution >= 0.6 is 24.8 Å². The second-order valence-electron chi connectivity index (χ2n) is 7.63. The summed E-state index contributed by atoms with van der Waals surface area (Å²) in [5.74, 6) is 0.267. The lowest BCUT2D eigenvalue weighted by Crippen LogP contribution is -2.40. The third kappa shape index (κ3) is 5.73. The molecule has 0 radical (unpaired) electrons. The molecule has 0 saturated carbocycles. The van der Waals surface area contributed by atoms with Crippen molar-refractivity contribution in [3.05, 3.63) is 66.0 Å². The molecule has 1 N–H and O–H groups in total. The number of likely N-dealkylation sites (tertiary alicyclic amines) is 1. The highest BCUT2D eigenvalue weighted by atomic mass is 35.5. The van der Waals surface area contributed by atoms with Crippen LogP contribution in [0.2, 0.25) is 0 Å². The zero-order valence-corrected chi connectivity index (χ0v) is 19.1. The maximum Gasteiger partial charge on any atom is 0.254 e. The molecule has 1 aliphatic heterocycles. The number of nitrogens with one attached hydrogen (secondary N) is 1. The van der Waals surface area contributed by atoms with E-state index in [4.69, 9.17) is 0 Å². The van der Waals surface area contributed by atoms with Crippen LogP contribution in [0.25, 0.3) is 22.2 Å². The molecule has 1 amide bonds. The van der Waals surface area contributed by atoms with Gasteiger partial charge in [0.25, 0.3) is 5.91 Å². The first-order valence-corrected chi connectivity index (χ1v) is 10.3. The van der Waals surface area contributed by atoms with Crippen LogP contribution in [0.5, 0.6) is 0 Å². The summed E-state index contributed by atoms with van der Waals surface area (Å²) < 4.78 is 13.9. The minimum atomic E-state index is -0.349. The van der Waals surface area contributed by atoms with E-state index in [1.807, 2.05) is 41.3 Å². The van der Waals surface area contributed by atoms with Gasteiger partial charge in [-0.1, -0.05) is 37.3 Å². The first-order chi connectivity index (χ1) is 14.2. The number of benzene rings is 2. The highest BCUT2D eigenvalue weighted by Gasteiger charge is 2.25. The van der Waals surface area contributed by atoms with Crippen molar-refractivity contribution in [2.24, 2.45) is 5.92 Å². The summed E-state index contributed by atoms with van der Waals surface area (Å²) in [6.07, 6.45) is 2.00. The average molecular weight is 464 g/mol. The zero-order valence-electron chi connectivity index (χ0n) is 17.5. The lowest BCUT2D eigenvalue weighted by Gasteiger charge is -2.32. The van der Waals surface area contributed by atoms with Gasteiger partial charge >= 0.3 is 0 Å². The van der Waals surface area contributed by atoms with Crippen molar-refractivity contribution in [1.29, 1.82) is 0 Å². The van der Waals surface area contributed by atoms with E-state index in [0.29, 0.717) is 28.1 Å². The average Bonchev–Trinajstić information content (AvgIpc) is 2.77. The van der Waals surface area contributed by atoms with Gasteiger partial charge in [-0.15, -0.1) is 24.8 Å². The molecule has 0 unspecified atom stereocenters. The second kappa shape index (κ2) is 11.4. The van der Waals surface area contributed by atoms with Gasteiger partial charge in [-0.2, -0.15) is 0 Å². The quantitative estimate of drug-likeness (QED) is 0.554. The number of hydrogen-bond donors (Lipinski definition) is 1. The Morgan fingerprint density at radius 2 is 1.81 bits per heavy atom. The van der Waals surface area contributed by atoms with Crippen molar-refractivity contribution in [3.8, 4) is 11.3 Å². The Labute approximate surface area is 195 Å². The van der Waals surface area contributed by atoms with E-state index in [1.165, 1.54) is 12.1 Å². The smallest absolute Gasteiger partial charge is 0.254 e. The van der Waals surface area contributed by atoms with Gasteiger partial charge in [-0.25, -0.2) is 9.37 Å². The van der Waals surface area contributed by atoms with Crippen LogP contribution < -0.4 is 5.32 Å². The van der Waals surface area contributed by atoms with Gasteiger partial charge in [0.2, 0.25) is 0 Å². The molecule has 1 saturated heterocycles. The number of halogens is 3. The molecule has 1 aromatic heterocycles. The lowest BCUT2D eigenvalue weighted by atomic mass is 9.95. The van der Waals surface area contributed by atoms with Gasteiger partial charge in [-0.3, -0.25) is 4.79 Å². The second-order valence-corrected chi connectivity index (χ2v) is 7.63. The molecule has 166 valence electrons. The number of carbonyl (C=O) groups excluding carboxylic acids is 1. The van der Waals surface area contributed by atoms with Crippen LogP contribution in [0.4, 0.5) is 4.39 Å². The number of amides is 1. The number of nitrogens with zero attached hydrogens (tertiary/aromatic N) is 2. The normalized spacial score (nSPS) is 14.1. The first-order valence-electron chi connectivity index (χ1n) is 10.3. The number of rotatable bonds is 5. The largest absolute Gasteiger partial charge is 0.339 e. The molecule has 0 atom stereocenters. The summed E-state index contributed by atoms with van der Waals surface area (Å²) in [5.41, 5.74) is 2.71. The monoisotopic (exact) mass is 463 g/mol. The molecule has 2 aromatic carbocycles. The van der Waals surface area contributed by atoms with Crippen LogP contribution in [-0.4, -0.2) is 42.0 Å². The molecule has 4 rings (SSSR count). The maximum atomic E-state index is 13.9. The fourth-order valence-corrected chi connectivity index (χ4v) is 3.99. The van der Waals surface area contributed by atoms with Crippen molar-refractivity contribution in [2.75, 3.05) is 26.2 Å². The molecule has 2 heterocycles. The Kier molecular flexibility index (Phi) is 9.23. The standard InChI is InChI=1S/C24H26FN3O.2ClH/c1-2-26-16-17-10-12-28(13-11-17)24(29)21-15-22(18-6-4-3-5-7-18)27-23-14-19(25)8-9-20(21)23;;/h3-9,14-15,17,26H,2,10-13,16H2,1H3;2*1H. The molecular weight excluding hydrogens is 436 g/mol. The molecule has 1 fully saturated rings. The highest BCUT2D eigenvalue weighted by Crippen LogP contribution is 2.28. The Morgan fingerprint density at radius 1 is 1.10 bits per heavy atom. The van der Waals surface area contributed by atoms with E-state index < -0.39 is 0 Å². The Balaban J connectivity index is 0.00000171. The predicted molar refractivity (Wildman–Crippen MR) is 129 cm³/mol. The van der Waals surface area contributed by atoms with Crippen LogP contribution in [-0.2, 0) is 0 Å². The van der Waals surface area contributed by atoms with Crippen LogP contribution in [0.1, 0.15) is 30.1 Å². The Morgan fingerprint density at radius 3 is 2.48 bits per heavy atom. The summed E-state index contributed by atoms with van der Waals surface area (Å²) in [5, 5.41) is 4.10. The van der Waals surface area contributed by atoms with Crippen molar-refractivity contribution in [2.45, 2.75) is 19.8 Å². The predicted octanol–water partition coefficient (Wildman–Crippen LogP) is 5.35. The SMILES string of the molecule is CCNCC1CCN(C(=O)c2cc(-c3ccccc3)nc3cc(F)ccc23)CC1.Cl.Cl.